The fourth-order valence-electron chi connectivity index (χ4n) is 2.51. The zero-order chi connectivity index (χ0) is 19.0. The summed E-state index contributed by atoms with van der Waals surface area (Å²) in [5.41, 5.74) is 5.16. The average molecular weight is 371 g/mol. The first kappa shape index (κ1) is 21.4. The van der Waals surface area contributed by atoms with Crippen molar-refractivity contribution in [3.05, 3.63) is 29.3 Å². The van der Waals surface area contributed by atoms with E-state index < -0.39 is 18.6 Å². The van der Waals surface area contributed by atoms with Gasteiger partial charge in [0.25, 0.3) is 0 Å². The van der Waals surface area contributed by atoms with E-state index in [2.05, 4.69) is 0 Å². The van der Waals surface area contributed by atoms with E-state index in [0.717, 1.165) is 0 Å². The van der Waals surface area contributed by atoms with E-state index in [4.69, 9.17) is 27.4 Å². The lowest BCUT2D eigenvalue weighted by atomic mass is 9.81. The zero-order valence-corrected chi connectivity index (χ0v) is 14.9. The van der Waals surface area contributed by atoms with E-state index >= 15 is 0 Å². The second-order valence-corrected chi connectivity index (χ2v) is 6.52. The largest absolute Gasteiger partial charge is 0.480 e. The molecule has 1 aromatic rings. The Bertz CT molecular complexity index is 584. The van der Waals surface area contributed by atoms with E-state index in [0.29, 0.717) is 23.6 Å². The van der Waals surface area contributed by atoms with E-state index in [1.807, 2.05) is 0 Å². The predicted octanol–water partition coefficient (Wildman–Crippen LogP) is 1.51. The van der Waals surface area contributed by atoms with Gasteiger partial charge in [-0.1, -0.05) is 24.4 Å². The minimum Gasteiger partial charge on any atom is -0.480 e. The van der Waals surface area contributed by atoms with Gasteiger partial charge in [-0.3, -0.25) is 9.59 Å². The van der Waals surface area contributed by atoms with Gasteiger partial charge in [-0.2, -0.15) is 0 Å². The molecule has 0 fully saturated rings. The molecule has 0 aliphatic rings. The number of unbranched alkanes of at least 4 members (excludes halogenated alkanes) is 1. The molecule has 0 heterocycles. The molecule has 0 aromatic heterocycles. The van der Waals surface area contributed by atoms with Crippen LogP contribution >= 0.6 is 11.6 Å². The maximum atomic E-state index is 11.9. The van der Waals surface area contributed by atoms with Crippen LogP contribution in [0.4, 0.5) is 5.69 Å². The fourth-order valence-corrected chi connectivity index (χ4v) is 2.63. The van der Waals surface area contributed by atoms with Crippen LogP contribution in [0.1, 0.15) is 32.6 Å². The highest BCUT2D eigenvalue weighted by molar-refractivity contribution is 6.40. The number of nitrogens with two attached hydrogens (primary N) is 1. The highest BCUT2D eigenvalue weighted by atomic mass is 35.5. The number of hydrogen-bond donors (Lipinski definition) is 4. The fraction of sp³-hybridized carbons (Fsp3) is 0.500. The highest BCUT2D eigenvalue weighted by Gasteiger charge is 2.34. The molecule has 1 unspecified atom stereocenters. The third-order valence-electron chi connectivity index (χ3n) is 4.06. The van der Waals surface area contributed by atoms with Crippen molar-refractivity contribution in [2.45, 2.75) is 44.5 Å². The Morgan fingerprint density at radius 3 is 2.28 bits per heavy atom. The van der Waals surface area contributed by atoms with Crippen molar-refractivity contribution < 1.29 is 24.7 Å². The number of halogens is 1. The van der Waals surface area contributed by atoms with Crippen LogP contribution in [0.2, 0.25) is 11.3 Å². The van der Waals surface area contributed by atoms with Gasteiger partial charge >= 0.3 is 13.1 Å². The van der Waals surface area contributed by atoms with Crippen LogP contribution in [-0.4, -0.2) is 46.2 Å². The third kappa shape index (κ3) is 7.03. The number of aliphatic carboxylic acids is 1. The van der Waals surface area contributed by atoms with Crippen LogP contribution in [-0.2, 0) is 9.59 Å². The molecule has 25 heavy (non-hydrogen) atoms. The van der Waals surface area contributed by atoms with Crippen LogP contribution < -0.4 is 10.6 Å². The van der Waals surface area contributed by atoms with Gasteiger partial charge in [-0.15, -0.1) is 0 Å². The number of rotatable bonds is 10. The minimum absolute atomic E-state index is 0.0756. The minimum atomic E-state index is -1.49. The average Bonchev–Trinajstić information content (AvgIpc) is 2.53. The van der Waals surface area contributed by atoms with Gasteiger partial charge in [0.2, 0.25) is 5.91 Å². The van der Waals surface area contributed by atoms with Gasteiger partial charge in [0, 0.05) is 24.2 Å². The molecular formula is C16H24BClN2O5. The lowest BCUT2D eigenvalue weighted by molar-refractivity contribution is -0.144. The Hall–Kier alpha value is -1.61. The maximum Gasteiger partial charge on any atom is 0.451 e. The van der Waals surface area contributed by atoms with Gasteiger partial charge in [-0.25, -0.2) is 0 Å². The van der Waals surface area contributed by atoms with Crippen molar-refractivity contribution in [2.24, 2.45) is 5.73 Å². The number of nitrogens with zero attached hydrogens (tertiary/aromatic N) is 1. The molecule has 7 nitrogen and oxygen atoms in total. The standard InChI is InChI=1S/C16H24BClN2O5/c1-12(21)20(14-6-4-13(18)5-7-14)11-9-16(19,15(22)23)8-2-3-10-17(24)25/h4-7,24-25H,2-3,8-11,19H2,1H3,(H,22,23). The number of amides is 1. The summed E-state index contributed by atoms with van der Waals surface area (Å²) in [6, 6.07) is 6.68. The molecule has 0 saturated heterocycles. The van der Waals surface area contributed by atoms with E-state index in [1.54, 1.807) is 24.3 Å². The second kappa shape index (κ2) is 9.77. The van der Waals surface area contributed by atoms with Crippen molar-refractivity contribution in [3.63, 3.8) is 0 Å². The number of anilines is 1. The number of carbonyl (C=O) groups is 2. The molecule has 138 valence electrons. The van der Waals surface area contributed by atoms with Crippen LogP contribution in [0, 0.1) is 0 Å². The Kier molecular flexibility index (Phi) is 8.38. The van der Waals surface area contributed by atoms with Crippen molar-refractivity contribution in [1.82, 2.24) is 0 Å². The summed E-state index contributed by atoms with van der Waals surface area (Å²) >= 11 is 5.84. The smallest absolute Gasteiger partial charge is 0.451 e. The summed E-state index contributed by atoms with van der Waals surface area (Å²) in [5.74, 6) is -1.37. The van der Waals surface area contributed by atoms with Gasteiger partial charge in [-0.05, 0) is 43.4 Å². The van der Waals surface area contributed by atoms with Crippen molar-refractivity contribution in [3.8, 4) is 0 Å². The first-order valence-electron chi connectivity index (χ1n) is 8.08. The number of carboxylic acid groups (broad SMARTS) is 1. The van der Waals surface area contributed by atoms with Crippen molar-refractivity contribution >= 4 is 36.3 Å². The summed E-state index contributed by atoms with van der Waals surface area (Å²) in [4.78, 5) is 24.9. The van der Waals surface area contributed by atoms with Gasteiger partial charge in [0.15, 0.2) is 0 Å². The molecule has 1 amide bonds. The summed E-state index contributed by atoms with van der Waals surface area (Å²) < 4.78 is 0. The molecule has 9 heteroatoms. The molecule has 0 saturated carbocycles. The van der Waals surface area contributed by atoms with Crippen LogP contribution in [0.5, 0.6) is 0 Å². The molecule has 0 radical (unpaired) electrons. The molecule has 0 spiro atoms. The Morgan fingerprint density at radius 1 is 1.20 bits per heavy atom. The van der Waals surface area contributed by atoms with Gasteiger partial charge < -0.3 is 25.8 Å². The summed E-state index contributed by atoms with van der Waals surface area (Å²) in [6.07, 6.45) is 1.33. The molecule has 0 bridgehead atoms. The molecule has 0 aliphatic heterocycles. The van der Waals surface area contributed by atoms with E-state index in [-0.39, 0.29) is 31.6 Å². The lowest BCUT2D eigenvalue weighted by Gasteiger charge is -2.29. The number of carbonyl (C=O) groups excluding carboxylic acids is 1. The molecule has 5 N–H and O–H groups in total. The van der Waals surface area contributed by atoms with Crippen molar-refractivity contribution in [1.29, 1.82) is 0 Å². The first-order valence-corrected chi connectivity index (χ1v) is 8.45. The van der Waals surface area contributed by atoms with Crippen LogP contribution in [0.25, 0.3) is 0 Å². The first-order chi connectivity index (χ1) is 11.7. The monoisotopic (exact) mass is 370 g/mol. The number of benzene rings is 1. The number of carboxylic acids is 1. The zero-order valence-electron chi connectivity index (χ0n) is 14.2. The van der Waals surface area contributed by atoms with Gasteiger partial charge in [0.1, 0.15) is 5.54 Å². The Morgan fingerprint density at radius 2 is 1.80 bits per heavy atom. The van der Waals surface area contributed by atoms with Crippen molar-refractivity contribution in [2.75, 3.05) is 11.4 Å². The SMILES string of the molecule is CC(=O)N(CCC(N)(CCCCB(O)O)C(=O)O)c1ccc(Cl)cc1. The van der Waals surface area contributed by atoms with E-state index in [1.165, 1.54) is 11.8 Å². The molecule has 0 aliphatic carbocycles. The Balaban J connectivity index is 2.73. The normalized spacial score (nSPS) is 13.2. The maximum absolute atomic E-state index is 11.9. The molecule has 1 atom stereocenters. The van der Waals surface area contributed by atoms with E-state index in [9.17, 15) is 14.7 Å². The summed E-state index contributed by atoms with van der Waals surface area (Å²) in [5, 5.41) is 27.7. The molecule has 1 aromatic carbocycles. The summed E-state index contributed by atoms with van der Waals surface area (Å²) in [7, 11) is -1.41. The second-order valence-electron chi connectivity index (χ2n) is 6.08. The third-order valence-corrected chi connectivity index (χ3v) is 4.31. The van der Waals surface area contributed by atoms with Gasteiger partial charge in [0.05, 0.1) is 0 Å². The van der Waals surface area contributed by atoms with Crippen LogP contribution in [0.3, 0.4) is 0 Å². The Labute approximate surface area is 152 Å². The summed E-state index contributed by atoms with van der Waals surface area (Å²) in [6.45, 7) is 1.55. The predicted molar refractivity (Wildman–Crippen MR) is 97.5 cm³/mol. The quantitative estimate of drug-likeness (QED) is 0.365. The topological polar surface area (TPSA) is 124 Å². The van der Waals surface area contributed by atoms with Crippen LogP contribution in [0.15, 0.2) is 24.3 Å². The lowest BCUT2D eigenvalue weighted by Crippen LogP contribution is -2.50. The molecular weight excluding hydrogens is 346 g/mol. The molecule has 1 rings (SSSR count). The highest BCUT2D eigenvalue weighted by Crippen LogP contribution is 2.22. The number of hydrogen-bond acceptors (Lipinski definition) is 5.